The van der Waals surface area contributed by atoms with Crippen molar-refractivity contribution in [3.05, 3.63) is 65.0 Å². The lowest BCUT2D eigenvalue weighted by Gasteiger charge is -2.25. The van der Waals surface area contributed by atoms with Crippen LogP contribution in [0, 0.1) is 12.7 Å². The highest BCUT2D eigenvalue weighted by Gasteiger charge is 2.26. The molecule has 0 saturated heterocycles. The number of para-hydroxylation sites is 1. The van der Waals surface area contributed by atoms with Gasteiger partial charge in [0.1, 0.15) is 5.82 Å². The van der Waals surface area contributed by atoms with E-state index in [-0.39, 0.29) is 17.5 Å². The Morgan fingerprint density at radius 3 is 2.86 bits per heavy atom. The first-order chi connectivity index (χ1) is 10.2. The van der Waals surface area contributed by atoms with Gasteiger partial charge in [0.25, 0.3) is 0 Å². The zero-order valence-electron chi connectivity index (χ0n) is 11.8. The molecule has 0 aliphatic carbocycles. The second-order valence-corrected chi connectivity index (χ2v) is 5.30. The van der Waals surface area contributed by atoms with E-state index in [4.69, 9.17) is 0 Å². The highest BCUT2D eigenvalue weighted by molar-refractivity contribution is 5.97. The molecule has 0 saturated carbocycles. The number of hydrogen-bond donors (Lipinski definition) is 2. The molecule has 1 unspecified atom stereocenters. The third-order valence-corrected chi connectivity index (χ3v) is 3.88. The van der Waals surface area contributed by atoms with Crippen LogP contribution in [-0.4, -0.2) is 12.5 Å². The lowest BCUT2D eigenvalue weighted by atomic mass is 9.90. The number of nitrogens with one attached hydrogen (secondary N) is 2. The third kappa shape index (κ3) is 2.67. The molecule has 108 valence electrons. The maximum Gasteiger partial charge on any atom is 0.233 e. The number of rotatable bonds is 2. The monoisotopic (exact) mass is 284 g/mol. The van der Waals surface area contributed by atoms with Gasteiger partial charge in [0.15, 0.2) is 0 Å². The topological polar surface area (TPSA) is 41.1 Å². The quantitative estimate of drug-likeness (QED) is 0.890. The van der Waals surface area contributed by atoms with Gasteiger partial charge in [-0.2, -0.15) is 0 Å². The van der Waals surface area contributed by atoms with E-state index in [2.05, 4.69) is 10.6 Å². The predicted molar refractivity (Wildman–Crippen MR) is 80.7 cm³/mol. The van der Waals surface area contributed by atoms with Gasteiger partial charge in [-0.3, -0.25) is 4.79 Å². The Kier molecular flexibility index (Phi) is 3.71. The molecule has 0 fully saturated rings. The second-order valence-electron chi connectivity index (χ2n) is 5.30. The molecule has 2 aromatic rings. The summed E-state index contributed by atoms with van der Waals surface area (Å²) in [7, 11) is 0. The van der Waals surface area contributed by atoms with Gasteiger partial charge in [0.05, 0.1) is 11.6 Å². The molecular formula is C17H17FN2O. The molecule has 3 rings (SSSR count). The molecule has 1 amide bonds. The molecule has 0 bridgehead atoms. The first-order valence-electron chi connectivity index (χ1n) is 7.01. The van der Waals surface area contributed by atoms with Crippen molar-refractivity contribution in [1.82, 2.24) is 5.32 Å². The highest BCUT2D eigenvalue weighted by atomic mass is 19.1. The minimum absolute atomic E-state index is 0.178. The SMILES string of the molecule is Cc1cccc(F)c1NC(=O)C1CNCc2ccccc21. The van der Waals surface area contributed by atoms with Crippen molar-refractivity contribution in [3.8, 4) is 0 Å². The average molecular weight is 284 g/mol. The van der Waals surface area contributed by atoms with Gasteiger partial charge in [-0.25, -0.2) is 4.39 Å². The first kappa shape index (κ1) is 13.8. The molecule has 1 heterocycles. The third-order valence-electron chi connectivity index (χ3n) is 3.88. The molecule has 0 spiro atoms. The summed E-state index contributed by atoms with van der Waals surface area (Å²) < 4.78 is 13.8. The van der Waals surface area contributed by atoms with Crippen LogP contribution in [-0.2, 0) is 11.3 Å². The number of halogens is 1. The van der Waals surface area contributed by atoms with Gasteiger partial charge >= 0.3 is 0 Å². The molecule has 2 N–H and O–H groups in total. The molecule has 1 aliphatic heterocycles. The van der Waals surface area contributed by atoms with Gasteiger partial charge in [-0.1, -0.05) is 36.4 Å². The number of carbonyl (C=O) groups excluding carboxylic acids is 1. The van der Waals surface area contributed by atoms with E-state index >= 15 is 0 Å². The van der Waals surface area contributed by atoms with Gasteiger partial charge in [-0.15, -0.1) is 0 Å². The molecular weight excluding hydrogens is 267 g/mol. The summed E-state index contributed by atoms with van der Waals surface area (Å²) >= 11 is 0. The van der Waals surface area contributed by atoms with Crippen LogP contribution in [0.5, 0.6) is 0 Å². The average Bonchev–Trinajstić information content (AvgIpc) is 2.50. The second kappa shape index (κ2) is 5.66. The Balaban J connectivity index is 1.87. The van der Waals surface area contributed by atoms with Crippen LogP contribution in [0.1, 0.15) is 22.6 Å². The van der Waals surface area contributed by atoms with E-state index in [1.54, 1.807) is 19.1 Å². The molecule has 0 radical (unpaired) electrons. The van der Waals surface area contributed by atoms with Crippen LogP contribution in [0.3, 0.4) is 0 Å². The summed E-state index contributed by atoms with van der Waals surface area (Å²) in [5.41, 5.74) is 3.13. The highest BCUT2D eigenvalue weighted by Crippen LogP contribution is 2.26. The Hall–Kier alpha value is -2.20. The van der Waals surface area contributed by atoms with E-state index in [1.165, 1.54) is 6.07 Å². The van der Waals surface area contributed by atoms with Gasteiger partial charge in [0, 0.05) is 13.1 Å². The normalized spacial score (nSPS) is 17.1. The molecule has 2 aromatic carbocycles. The Morgan fingerprint density at radius 2 is 2.05 bits per heavy atom. The van der Waals surface area contributed by atoms with E-state index in [0.29, 0.717) is 6.54 Å². The van der Waals surface area contributed by atoms with Gasteiger partial charge in [0.2, 0.25) is 5.91 Å². The largest absolute Gasteiger partial charge is 0.323 e. The number of amides is 1. The van der Waals surface area contributed by atoms with E-state index < -0.39 is 5.82 Å². The molecule has 3 nitrogen and oxygen atoms in total. The standard InChI is InChI=1S/C17H17FN2O/c1-11-5-4-8-15(18)16(11)20-17(21)14-10-19-9-12-6-2-3-7-13(12)14/h2-8,14,19H,9-10H2,1H3,(H,20,21). The Labute approximate surface area is 123 Å². The summed E-state index contributed by atoms with van der Waals surface area (Å²) in [6, 6.07) is 12.6. The minimum Gasteiger partial charge on any atom is -0.323 e. The van der Waals surface area contributed by atoms with Gasteiger partial charge in [-0.05, 0) is 29.7 Å². The van der Waals surface area contributed by atoms with Crippen molar-refractivity contribution in [2.75, 3.05) is 11.9 Å². The first-order valence-corrected chi connectivity index (χ1v) is 7.01. The number of benzene rings is 2. The summed E-state index contributed by atoms with van der Waals surface area (Å²) in [6.07, 6.45) is 0. The summed E-state index contributed by atoms with van der Waals surface area (Å²) in [6.45, 7) is 3.11. The molecule has 4 heteroatoms. The summed E-state index contributed by atoms with van der Waals surface area (Å²) in [4.78, 5) is 12.5. The predicted octanol–water partition coefficient (Wildman–Crippen LogP) is 2.96. The van der Waals surface area contributed by atoms with Crippen molar-refractivity contribution in [2.45, 2.75) is 19.4 Å². The Bertz CT molecular complexity index is 664. The molecule has 1 atom stereocenters. The maximum absolute atomic E-state index is 13.8. The smallest absolute Gasteiger partial charge is 0.233 e. The maximum atomic E-state index is 13.8. The van der Waals surface area contributed by atoms with Crippen LogP contribution in [0.2, 0.25) is 0 Å². The zero-order valence-corrected chi connectivity index (χ0v) is 11.8. The van der Waals surface area contributed by atoms with Crippen LogP contribution >= 0.6 is 0 Å². The van der Waals surface area contributed by atoms with Crippen molar-refractivity contribution in [3.63, 3.8) is 0 Å². The number of carbonyl (C=O) groups is 1. The van der Waals surface area contributed by atoms with E-state index in [9.17, 15) is 9.18 Å². The van der Waals surface area contributed by atoms with Crippen LogP contribution in [0.4, 0.5) is 10.1 Å². The van der Waals surface area contributed by atoms with Crippen molar-refractivity contribution >= 4 is 11.6 Å². The lowest BCUT2D eigenvalue weighted by Crippen LogP contribution is -2.35. The number of hydrogen-bond acceptors (Lipinski definition) is 2. The zero-order chi connectivity index (χ0) is 14.8. The molecule has 0 aromatic heterocycles. The fourth-order valence-electron chi connectivity index (χ4n) is 2.73. The number of anilines is 1. The van der Waals surface area contributed by atoms with Crippen LogP contribution in [0.15, 0.2) is 42.5 Å². The van der Waals surface area contributed by atoms with Crippen LogP contribution < -0.4 is 10.6 Å². The van der Waals surface area contributed by atoms with Gasteiger partial charge < -0.3 is 10.6 Å². The molecule has 1 aliphatic rings. The summed E-state index contributed by atoms with van der Waals surface area (Å²) in [5.74, 6) is -0.878. The van der Waals surface area contributed by atoms with E-state index in [0.717, 1.165) is 23.2 Å². The summed E-state index contributed by atoms with van der Waals surface area (Å²) in [5, 5.41) is 5.97. The van der Waals surface area contributed by atoms with Crippen molar-refractivity contribution in [2.24, 2.45) is 0 Å². The van der Waals surface area contributed by atoms with Crippen molar-refractivity contribution in [1.29, 1.82) is 0 Å². The Morgan fingerprint density at radius 1 is 1.24 bits per heavy atom. The fourth-order valence-corrected chi connectivity index (χ4v) is 2.73. The van der Waals surface area contributed by atoms with E-state index in [1.807, 2.05) is 24.3 Å². The van der Waals surface area contributed by atoms with Crippen molar-refractivity contribution < 1.29 is 9.18 Å². The van der Waals surface area contributed by atoms with Crippen LogP contribution in [0.25, 0.3) is 0 Å². The molecule has 21 heavy (non-hydrogen) atoms. The minimum atomic E-state index is -0.402. The lowest BCUT2D eigenvalue weighted by molar-refractivity contribution is -0.117. The fraction of sp³-hybridized carbons (Fsp3) is 0.235. The number of fused-ring (bicyclic) bond motifs is 1. The number of aryl methyl sites for hydroxylation is 1.